The van der Waals surface area contributed by atoms with E-state index >= 15 is 0 Å². The van der Waals surface area contributed by atoms with E-state index < -0.39 is 0 Å². The molecule has 0 amide bonds. The number of nitrogens with zero attached hydrogens (tertiary/aromatic N) is 4. The van der Waals surface area contributed by atoms with Gasteiger partial charge in [-0.05, 0) is 49.1 Å². The maximum atomic E-state index is 13.2. The van der Waals surface area contributed by atoms with Crippen molar-refractivity contribution in [1.82, 2.24) is 20.0 Å². The summed E-state index contributed by atoms with van der Waals surface area (Å²) < 4.78 is 20.5. The highest BCUT2D eigenvalue weighted by atomic mass is 32.2. The van der Waals surface area contributed by atoms with Crippen molar-refractivity contribution in [2.75, 3.05) is 0 Å². The quantitative estimate of drug-likeness (QED) is 0.707. The minimum Gasteiger partial charge on any atom is -0.425 e. The monoisotopic (exact) mass is 344 g/mol. The third-order valence-corrected chi connectivity index (χ3v) is 5.05. The normalized spacial score (nSPS) is 13.4. The lowest BCUT2D eigenvalue weighted by Gasteiger charge is -2.05. The molecule has 0 unspecified atom stereocenters. The number of fused-ring (bicyclic) bond motifs is 1. The molecule has 0 bridgehead atoms. The number of hydrogen-bond donors (Lipinski definition) is 0. The molecular weight excluding hydrogens is 327 g/mol. The zero-order valence-electron chi connectivity index (χ0n) is 13.3. The van der Waals surface area contributed by atoms with E-state index in [1.165, 1.54) is 23.4 Å². The summed E-state index contributed by atoms with van der Waals surface area (Å²) in [6.45, 7) is 1.79. The molecule has 124 valence electrons. The maximum Gasteiger partial charge on any atom is 0.226 e. The van der Waals surface area contributed by atoms with Crippen LogP contribution in [-0.4, -0.2) is 20.0 Å². The first-order chi connectivity index (χ1) is 11.7. The first-order valence-electron chi connectivity index (χ1n) is 7.93. The van der Waals surface area contributed by atoms with Crippen molar-refractivity contribution in [3.8, 4) is 5.69 Å². The second-order valence-electron chi connectivity index (χ2n) is 5.82. The summed E-state index contributed by atoms with van der Waals surface area (Å²) >= 11 is 1.72. The lowest BCUT2D eigenvalue weighted by atomic mass is 10.2. The summed E-state index contributed by atoms with van der Waals surface area (Å²) in [5.41, 5.74) is 4.62. The van der Waals surface area contributed by atoms with Crippen molar-refractivity contribution in [3.63, 3.8) is 0 Å². The summed E-state index contributed by atoms with van der Waals surface area (Å²) in [5.74, 6) is 2.49. The van der Waals surface area contributed by atoms with Crippen LogP contribution in [0.15, 0.2) is 28.7 Å². The first kappa shape index (κ1) is 15.4. The van der Waals surface area contributed by atoms with Gasteiger partial charge in [-0.2, -0.15) is 5.10 Å². The van der Waals surface area contributed by atoms with Crippen LogP contribution in [-0.2, 0) is 24.3 Å². The van der Waals surface area contributed by atoms with E-state index in [1.54, 1.807) is 30.8 Å². The molecule has 24 heavy (non-hydrogen) atoms. The van der Waals surface area contributed by atoms with E-state index in [-0.39, 0.29) is 5.82 Å². The van der Waals surface area contributed by atoms with Gasteiger partial charge in [0.2, 0.25) is 11.8 Å². The molecule has 0 saturated carbocycles. The predicted octanol–water partition coefficient (Wildman–Crippen LogP) is 3.62. The highest BCUT2D eigenvalue weighted by molar-refractivity contribution is 7.97. The Labute approximate surface area is 143 Å². The summed E-state index contributed by atoms with van der Waals surface area (Å²) in [6, 6.07) is 6.51. The maximum absolute atomic E-state index is 13.2. The van der Waals surface area contributed by atoms with Gasteiger partial charge in [-0.1, -0.05) is 0 Å². The number of halogens is 1. The number of aryl methyl sites for hydroxylation is 1. The van der Waals surface area contributed by atoms with Gasteiger partial charge >= 0.3 is 0 Å². The molecule has 0 fully saturated rings. The van der Waals surface area contributed by atoms with Crippen molar-refractivity contribution in [2.45, 2.75) is 37.7 Å². The number of aromatic nitrogens is 4. The number of benzene rings is 1. The summed E-state index contributed by atoms with van der Waals surface area (Å²) in [6.07, 6.45) is 3.23. The highest BCUT2D eigenvalue weighted by Gasteiger charge is 2.23. The van der Waals surface area contributed by atoms with Crippen LogP contribution in [0.3, 0.4) is 0 Å². The molecule has 7 heteroatoms. The van der Waals surface area contributed by atoms with Crippen molar-refractivity contribution in [2.24, 2.45) is 0 Å². The van der Waals surface area contributed by atoms with Gasteiger partial charge in [-0.3, -0.25) is 0 Å². The Bertz CT molecular complexity index is 856. The Morgan fingerprint density at radius 1 is 1.17 bits per heavy atom. The molecular formula is C17H17FN4OS. The van der Waals surface area contributed by atoms with Gasteiger partial charge in [-0.25, -0.2) is 9.07 Å². The van der Waals surface area contributed by atoms with Gasteiger partial charge in [0.1, 0.15) is 5.82 Å². The van der Waals surface area contributed by atoms with Crippen LogP contribution in [0, 0.1) is 12.7 Å². The fourth-order valence-corrected chi connectivity index (χ4v) is 3.88. The molecule has 0 N–H and O–H groups in total. The Morgan fingerprint density at radius 2 is 2.00 bits per heavy atom. The highest BCUT2D eigenvalue weighted by Crippen LogP contribution is 2.30. The topological polar surface area (TPSA) is 56.7 Å². The smallest absolute Gasteiger partial charge is 0.226 e. The summed E-state index contributed by atoms with van der Waals surface area (Å²) in [7, 11) is 0. The molecule has 2 heterocycles. The molecule has 0 spiro atoms. The minimum atomic E-state index is -0.229. The Hall–Kier alpha value is -2.15. The fraction of sp³-hybridized carbons (Fsp3) is 0.353. The Morgan fingerprint density at radius 3 is 2.75 bits per heavy atom. The number of thioether (sulfide) groups is 1. The van der Waals surface area contributed by atoms with E-state index in [0.29, 0.717) is 17.5 Å². The predicted molar refractivity (Wildman–Crippen MR) is 89.6 cm³/mol. The second-order valence-corrected chi connectivity index (χ2v) is 6.81. The van der Waals surface area contributed by atoms with Crippen molar-refractivity contribution >= 4 is 11.8 Å². The zero-order valence-corrected chi connectivity index (χ0v) is 14.1. The van der Waals surface area contributed by atoms with Crippen molar-refractivity contribution in [3.05, 3.63) is 58.8 Å². The largest absolute Gasteiger partial charge is 0.425 e. The van der Waals surface area contributed by atoms with Gasteiger partial charge < -0.3 is 4.42 Å². The van der Waals surface area contributed by atoms with Crippen LogP contribution < -0.4 is 0 Å². The van der Waals surface area contributed by atoms with E-state index in [0.717, 1.165) is 36.4 Å². The van der Waals surface area contributed by atoms with Crippen molar-refractivity contribution in [1.29, 1.82) is 0 Å². The average molecular weight is 344 g/mol. The molecule has 0 radical (unpaired) electrons. The number of rotatable bonds is 5. The molecule has 5 nitrogen and oxygen atoms in total. The average Bonchev–Trinajstić information content (AvgIpc) is 3.26. The SMILES string of the molecule is Cc1nnc(CSCc2nn(-c3ccc(F)cc3)c3c2CCC3)o1. The molecule has 3 aromatic rings. The van der Waals surface area contributed by atoms with Gasteiger partial charge in [0.25, 0.3) is 0 Å². The third kappa shape index (κ3) is 2.96. The standard InChI is InChI=1S/C17H17FN4OS/c1-11-19-20-17(23-11)10-24-9-15-14-3-2-4-16(14)22(21-15)13-7-5-12(18)6-8-13/h5-8H,2-4,9-10H2,1H3. The number of hydrogen-bond acceptors (Lipinski definition) is 5. The van der Waals surface area contributed by atoms with E-state index in [9.17, 15) is 4.39 Å². The van der Waals surface area contributed by atoms with Crippen molar-refractivity contribution < 1.29 is 8.81 Å². The second kappa shape index (κ2) is 6.39. The van der Waals surface area contributed by atoms with Gasteiger partial charge in [0.15, 0.2) is 0 Å². The lowest BCUT2D eigenvalue weighted by Crippen LogP contribution is -2.01. The van der Waals surface area contributed by atoms with E-state index in [4.69, 9.17) is 9.52 Å². The molecule has 2 aromatic heterocycles. The summed E-state index contributed by atoms with van der Waals surface area (Å²) in [4.78, 5) is 0. The summed E-state index contributed by atoms with van der Waals surface area (Å²) in [5, 5.41) is 12.6. The zero-order chi connectivity index (χ0) is 16.5. The van der Waals surface area contributed by atoms with Crippen LogP contribution in [0.5, 0.6) is 0 Å². The molecule has 4 rings (SSSR count). The van der Waals surface area contributed by atoms with E-state index in [1.807, 2.05) is 4.68 Å². The first-order valence-corrected chi connectivity index (χ1v) is 9.08. The van der Waals surface area contributed by atoms with Crippen LogP contribution in [0.1, 0.15) is 35.2 Å². The minimum absolute atomic E-state index is 0.229. The van der Waals surface area contributed by atoms with Gasteiger partial charge in [0, 0.05) is 18.4 Å². The fourth-order valence-electron chi connectivity index (χ4n) is 3.06. The van der Waals surface area contributed by atoms with Crippen LogP contribution in [0.2, 0.25) is 0 Å². The molecule has 1 aliphatic carbocycles. The van der Waals surface area contributed by atoms with Gasteiger partial charge in [-0.15, -0.1) is 22.0 Å². The molecule has 0 saturated heterocycles. The lowest BCUT2D eigenvalue weighted by molar-refractivity contribution is 0.485. The van der Waals surface area contributed by atoms with Crippen LogP contribution >= 0.6 is 11.8 Å². The Kier molecular flexibility index (Phi) is 4.10. The van der Waals surface area contributed by atoms with Gasteiger partial charge in [0.05, 0.1) is 17.1 Å². The van der Waals surface area contributed by atoms with E-state index in [2.05, 4.69) is 10.2 Å². The molecule has 1 aromatic carbocycles. The molecule has 1 aliphatic rings. The Balaban J connectivity index is 1.53. The van der Waals surface area contributed by atoms with Crippen LogP contribution in [0.25, 0.3) is 5.69 Å². The van der Waals surface area contributed by atoms with Crippen LogP contribution in [0.4, 0.5) is 4.39 Å². The molecule has 0 aliphatic heterocycles. The third-order valence-electron chi connectivity index (χ3n) is 4.12. The molecule has 0 atom stereocenters.